The molecule has 4 heteroatoms. The van der Waals surface area contributed by atoms with Gasteiger partial charge in [0.05, 0.1) is 0 Å². The SMILES string of the molecule is CC/C(C)=C(\C(C)=O)c1ccccc1NCC(=O)OC(C)(C)C. The third-order valence-electron chi connectivity index (χ3n) is 3.35. The molecular formula is C19H27NO3. The molecule has 0 spiro atoms. The number of Topliss-reactive ketones (excluding diaryl/α,β-unsaturated/α-hetero) is 1. The number of esters is 1. The Morgan fingerprint density at radius 1 is 1.13 bits per heavy atom. The smallest absolute Gasteiger partial charge is 0.325 e. The molecule has 0 fully saturated rings. The van der Waals surface area contributed by atoms with Crippen molar-refractivity contribution in [2.24, 2.45) is 0 Å². The van der Waals surface area contributed by atoms with Gasteiger partial charge in [0, 0.05) is 16.8 Å². The second-order valence-corrected chi connectivity index (χ2v) is 6.55. The summed E-state index contributed by atoms with van der Waals surface area (Å²) in [5.41, 5.74) is 2.81. The molecule has 1 aromatic carbocycles. The molecule has 0 unspecified atom stereocenters. The number of para-hydroxylation sites is 1. The van der Waals surface area contributed by atoms with Gasteiger partial charge in [0.15, 0.2) is 5.78 Å². The highest BCUT2D eigenvalue weighted by Crippen LogP contribution is 2.28. The molecule has 0 aliphatic carbocycles. The average Bonchev–Trinajstić information content (AvgIpc) is 2.44. The molecule has 1 N–H and O–H groups in total. The minimum Gasteiger partial charge on any atom is -0.459 e. The van der Waals surface area contributed by atoms with Crippen LogP contribution in [-0.4, -0.2) is 23.9 Å². The average molecular weight is 317 g/mol. The van der Waals surface area contributed by atoms with Gasteiger partial charge in [-0.05, 0) is 47.1 Å². The Balaban J connectivity index is 3.03. The predicted octanol–water partition coefficient (Wildman–Crippen LogP) is 4.21. The van der Waals surface area contributed by atoms with Crippen LogP contribution in [0.25, 0.3) is 5.57 Å². The third-order valence-corrected chi connectivity index (χ3v) is 3.35. The van der Waals surface area contributed by atoms with Crippen LogP contribution in [-0.2, 0) is 14.3 Å². The van der Waals surface area contributed by atoms with E-state index >= 15 is 0 Å². The van der Waals surface area contributed by atoms with Crippen molar-refractivity contribution in [3.63, 3.8) is 0 Å². The van der Waals surface area contributed by atoms with E-state index in [0.717, 1.165) is 23.2 Å². The van der Waals surface area contributed by atoms with Gasteiger partial charge in [-0.15, -0.1) is 0 Å². The summed E-state index contributed by atoms with van der Waals surface area (Å²) in [5, 5.41) is 3.09. The number of hydrogen-bond donors (Lipinski definition) is 1. The summed E-state index contributed by atoms with van der Waals surface area (Å²) >= 11 is 0. The highest BCUT2D eigenvalue weighted by atomic mass is 16.6. The summed E-state index contributed by atoms with van der Waals surface area (Å²) in [6, 6.07) is 7.53. The van der Waals surface area contributed by atoms with Crippen molar-refractivity contribution < 1.29 is 14.3 Å². The predicted molar refractivity (Wildman–Crippen MR) is 94.3 cm³/mol. The van der Waals surface area contributed by atoms with Crippen molar-refractivity contribution in [1.29, 1.82) is 0 Å². The summed E-state index contributed by atoms with van der Waals surface area (Å²) in [5.74, 6) is -0.302. The number of hydrogen-bond acceptors (Lipinski definition) is 4. The molecule has 0 heterocycles. The zero-order chi connectivity index (χ0) is 17.6. The molecule has 0 aliphatic heterocycles. The zero-order valence-electron chi connectivity index (χ0n) is 14.9. The highest BCUT2D eigenvalue weighted by molar-refractivity contribution is 6.21. The van der Waals surface area contributed by atoms with E-state index in [1.165, 1.54) is 0 Å². The fraction of sp³-hybridized carbons (Fsp3) is 0.474. The van der Waals surface area contributed by atoms with Gasteiger partial charge in [-0.1, -0.05) is 30.7 Å². The Hall–Kier alpha value is -2.10. The minimum absolute atomic E-state index is 0.0240. The van der Waals surface area contributed by atoms with E-state index in [1.807, 2.05) is 58.9 Å². The van der Waals surface area contributed by atoms with Crippen LogP contribution < -0.4 is 5.32 Å². The monoisotopic (exact) mass is 317 g/mol. The first-order chi connectivity index (χ1) is 10.7. The van der Waals surface area contributed by atoms with Crippen molar-refractivity contribution in [2.75, 3.05) is 11.9 Å². The number of benzene rings is 1. The second kappa shape index (κ2) is 7.95. The van der Waals surface area contributed by atoms with Gasteiger partial charge in [-0.3, -0.25) is 9.59 Å². The van der Waals surface area contributed by atoms with Gasteiger partial charge >= 0.3 is 5.97 Å². The van der Waals surface area contributed by atoms with Crippen LogP contribution in [0.4, 0.5) is 5.69 Å². The fourth-order valence-electron chi connectivity index (χ4n) is 2.30. The topological polar surface area (TPSA) is 55.4 Å². The summed E-state index contributed by atoms with van der Waals surface area (Å²) in [6.07, 6.45) is 0.801. The van der Waals surface area contributed by atoms with E-state index < -0.39 is 5.60 Å². The number of nitrogens with one attached hydrogen (secondary N) is 1. The largest absolute Gasteiger partial charge is 0.459 e. The summed E-state index contributed by atoms with van der Waals surface area (Å²) in [7, 11) is 0. The Labute approximate surface area is 138 Å². The lowest BCUT2D eigenvalue weighted by molar-refractivity contribution is -0.152. The molecule has 0 atom stereocenters. The number of carbonyl (C=O) groups excluding carboxylic acids is 2. The molecule has 0 aromatic heterocycles. The molecule has 0 aliphatic rings. The molecule has 0 radical (unpaired) electrons. The van der Waals surface area contributed by atoms with Crippen molar-refractivity contribution >= 4 is 23.0 Å². The molecule has 126 valence electrons. The molecule has 0 saturated heterocycles. The van der Waals surface area contributed by atoms with Gasteiger partial charge < -0.3 is 10.1 Å². The molecule has 0 amide bonds. The molecule has 1 rings (SSSR count). The van der Waals surface area contributed by atoms with Crippen molar-refractivity contribution in [2.45, 2.75) is 53.6 Å². The molecule has 4 nitrogen and oxygen atoms in total. The first kappa shape index (κ1) is 18.9. The van der Waals surface area contributed by atoms with E-state index in [-0.39, 0.29) is 18.3 Å². The number of ketones is 1. The van der Waals surface area contributed by atoms with Crippen LogP contribution in [0.15, 0.2) is 29.8 Å². The Bertz CT molecular complexity index is 609. The van der Waals surface area contributed by atoms with Gasteiger partial charge in [-0.2, -0.15) is 0 Å². The molecule has 1 aromatic rings. The Morgan fingerprint density at radius 3 is 2.26 bits per heavy atom. The third kappa shape index (κ3) is 5.89. The first-order valence-corrected chi connectivity index (χ1v) is 7.91. The van der Waals surface area contributed by atoms with Crippen molar-refractivity contribution in [3.8, 4) is 0 Å². The second-order valence-electron chi connectivity index (χ2n) is 6.55. The molecular weight excluding hydrogens is 290 g/mol. The zero-order valence-corrected chi connectivity index (χ0v) is 14.9. The number of carbonyl (C=O) groups is 2. The molecule has 0 bridgehead atoms. The maximum Gasteiger partial charge on any atom is 0.325 e. The maximum atomic E-state index is 12.0. The fourth-order valence-corrected chi connectivity index (χ4v) is 2.30. The lowest BCUT2D eigenvalue weighted by Crippen LogP contribution is -2.28. The Kier molecular flexibility index (Phi) is 6.55. The van der Waals surface area contributed by atoms with E-state index in [1.54, 1.807) is 6.92 Å². The standard InChI is InChI=1S/C19H27NO3/c1-7-13(2)18(14(3)21)15-10-8-9-11-16(15)20-12-17(22)23-19(4,5)6/h8-11,20H,7,12H2,1-6H3/b18-13+. The summed E-state index contributed by atoms with van der Waals surface area (Å²) in [6.45, 7) is 11.1. The van der Waals surface area contributed by atoms with Gasteiger partial charge in [0.25, 0.3) is 0 Å². The van der Waals surface area contributed by atoms with Crippen LogP contribution in [0.1, 0.15) is 53.5 Å². The first-order valence-electron chi connectivity index (χ1n) is 7.91. The Morgan fingerprint density at radius 2 is 1.74 bits per heavy atom. The number of allylic oxidation sites excluding steroid dienone is 2. The quantitative estimate of drug-likeness (QED) is 0.630. The van der Waals surface area contributed by atoms with Gasteiger partial charge in [-0.25, -0.2) is 0 Å². The van der Waals surface area contributed by atoms with Crippen LogP contribution in [0.5, 0.6) is 0 Å². The van der Waals surface area contributed by atoms with E-state index in [9.17, 15) is 9.59 Å². The van der Waals surface area contributed by atoms with Crippen molar-refractivity contribution in [1.82, 2.24) is 0 Å². The van der Waals surface area contributed by atoms with Gasteiger partial charge in [0.1, 0.15) is 12.1 Å². The van der Waals surface area contributed by atoms with E-state index in [0.29, 0.717) is 5.57 Å². The van der Waals surface area contributed by atoms with Crippen LogP contribution in [0.2, 0.25) is 0 Å². The normalized spacial score (nSPS) is 12.4. The number of ether oxygens (including phenoxy) is 1. The van der Waals surface area contributed by atoms with E-state index in [2.05, 4.69) is 5.32 Å². The molecule has 0 saturated carbocycles. The summed E-state index contributed by atoms with van der Waals surface area (Å²) < 4.78 is 5.30. The highest BCUT2D eigenvalue weighted by Gasteiger charge is 2.18. The van der Waals surface area contributed by atoms with E-state index in [4.69, 9.17) is 4.74 Å². The van der Waals surface area contributed by atoms with Crippen LogP contribution in [0, 0.1) is 0 Å². The minimum atomic E-state index is -0.512. The lowest BCUT2D eigenvalue weighted by Gasteiger charge is -2.20. The number of rotatable bonds is 6. The lowest BCUT2D eigenvalue weighted by atomic mass is 9.94. The molecule has 23 heavy (non-hydrogen) atoms. The number of anilines is 1. The van der Waals surface area contributed by atoms with Crippen LogP contribution >= 0.6 is 0 Å². The van der Waals surface area contributed by atoms with Crippen LogP contribution in [0.3, 0.4) is 0 Å². The van der Waals surface area contributed by atoms with Gasteiger partial charge in [0.2, 0.25) is 0 Å². The summed E-state index contributed by atoms with van der Waals surface area (Å²) in [4.78, 5) is 23.9. The van der Waals surface area contributed by atoms with Crippen molar-refractivity contribution in [3.05, 3.63) is 35.4 Å². The maximum absolute atomic E-state index is 12.0.